The molecule has 15 aromatic heterocycles. The van der Waals surface area contributed by atoms with Gasteiger partial charge in [-0.2, -0.15) is 10.2 Å². The van der Waals surface area contributed by atoms with Gasteiger partial charge in [0.1, 0.15) is 11.8 Å². The van der Waals surface area contributed by atoms with Gasteiger partial charge in [0.25, 0.3) is 0 Å². The van der Waals surface area contributed by atoms with Crippen LogP contribution in [0.15, 0.2) is 542 Å². The van der Waals surface area contributed by atoms with Crippen molar-refractivity contribution in [3.8, 4) is 78.9 Å². The van der Waals surface area contributed by atoms with Gasteiger partial charge < -0.3 is 22.7 Å². The second kappa shape index (κ2) is 50.2. The number of nitrogens with zero attached hydrogens (tertiary/aromatic N) is 20. The fourth-order valence-electron chi connectivity index (χ4n) is 16.1. The second-order valence-electron chi connectivity index (χ2n) is 33.5. The lowest BCUT2D eigenvalue weighted by atomic mass is 9.99. The molecule has 0 N–H and O–H groups in total. The number of fused-ring (bicyclic) bond motifs is 1. The highest BCUT2D eigenvalue weighted by atomic mass is 16.3. The Balaban J connectivity index is 0.000000111. The molecule has 0 aliphatic carbocycles. The third-order valence-corrected chi connectivity index (χ3v) is 23.4. The lowest BCUT2D eigenvalue weighted by Gasteiger charge is -2.19. The highest BCUT2D eigenvalue weighted by Crippen LogP contribution is 2.32. The molecular weight excluding hydrogens is 1770 g/mol. The number of pyridine rings is 8. The first-order valence-corrected chi connectivity index (χ1v) is 47.2. The maximum Gasteiger partial charge on any atom is 0.159 e. The van der Waals surface area contributed by atoms with E-state index < -0.39 is 0 Å². The predicted octanol–water partition coefficient (Wildman–Crippen LogP) is 25.9. The highest BCUT2D eigenvalue weighted by molar-refractivity contribution is 5.85. The summed E-state index contributed by atoms with van der Waals surface area (Å²) in [5.41, 5.74) is 26.4. The normalized spacial score (nSPS) is 11.0. The first-order valence-electron chi connectivity index (χ1n) is 47.2. The lowest BCUT2D eigenvalue weighted by molar-refractivity contribution is 0.460. The van der Waals surface area contributed by atoms with Gasteiger partial charge in [0.15, 0.2) is 5.82 Å². The molecule has 0 fully saturated rings. The minimum absolute atomic E-state index is 0.0650. The molecule has 0 amide bonds. The molecule has 0 saturated carbocycles. The van der Waals surface area contributed by atoms with Crippen molar-refractivity contribution >= 4 is 10.8 Å². The molecule has 144 heavy (non-hydrogen) atoms. The molecule has 0 bridgehead atoms. The summed E-state index contributed by atoms with van der Waals surface area (Å²) < 4.78 is 13.7. The molecule has 24 rings (SSSR count). The Hall–Kier alpha value is -19.3. The Bertz CT molecular complexity index is 7480. The van der Waals surface area contributed by atoms with Gasteiger partial charge in [-0.3, -0.25) is 39.9 Å². The average molecular weight is 1870 g/mol. The van der Waals surface area contributed by atoms with Gasteiger partial charge in [0, 0.05) is 198 Å². The number of benzene rings is 9. The summed E-state index contributed by atoms with van der Waals surface area (Å²) in [5, 5.41) is 10.9. The smallest absolute Gasteiger partial charge is 0.159 e. The van der Waals surface area contributed by atoms with E-state index in [9.17, 15) is 0 Å². The lowest BCUT2D eigenvalue weighted by Crippen LogP contribution is -2.10. The molecule has 2 atom stereocenters. The van der Waals surface area contributed by atoms with Crippen molar-refractivity contribution in [2.75, 3.05) is 0 Å². The van der Waals surface area contributed by atoms with E-state index in [0.29, 0.717) is 6.54 Å². The summed E-state index contributed by atoms with van der Waals surface area (Å²) >= 11 is 0. The zero-order valence-electron chi connectivity index (χ0n) is 78.8. The standard InChI is InChI=1S/C21H17N3.C21H16N2.C19H15N3O.2C17H14N2.2C14H12N4/c1-3-7-17(8-4-1)20-12-11-19(15-23-20)21(24-14-13-22-16-24)18-9-5-2-6-10-18;1-2-6-17(7-3-1)21-11-10-16(13-23-21)12-19-15-22-14-18-8-4-5-9-20(18)19;1-2-5-15(6-3-1)17-9-8-16(13-21-17)19(18-7-4-12-23-18)22-11-10-20-14-22;1-2-6-16(7-3-1)17-9-8-15(13-19-17)11-14-5-4-10-18-12-14;1-2-4-16(5-3-1)17-7-6-15(13-19-17)12-14-8-10-18-11-9-14;1-2-4-13(5-3-1)14-16-8-12(9-17-14)10-18-7-6-15-11-18;1-2-4-12(5-3-1)14-7-6-13(16-17-14)10-18-9-8-15-11-18/h1-16,21H;1-11,13-15H,12H2;1-14,19H;1-10,12-13H,11H2;1-11,13H,12H2;2*1-9,11H,10H2. The average Bonchev–Trinajstić information content (AvgIpc) is 1.75. The summed E-state index contributed by atoms with van der Waals surface area (Å²) in [5.74, 6) is 1.61. The van der Waals surface area contributed by atoms with Crippen molar-refractivity contribution in [2.24, 2.45) is 0 Å². The van der Waals surface area contributed by atoms with E-state index in [1.165, 1.54) is 49.7 Å². The van der Waals surface area contributed by atoms with Crippen LogP contribution in [0.2, 0.25) is 0 Å². The highest BCUT2D eigenvalue weighted by Gasteiger charge is 2.21. The van der Waals surface area contributed by atoms with E-state index in [2.05, 4.69) is 248 Å². The summed E-state index contributed by atoms with van der Waals surface area (Å²) in [4.78, 5) is 60.6. The Labute approximate surface area is 836 Å². The van der Waals surface area contributed by atoms with E-state index in [-0.39, 0.29) is 12.1 Å². The van der Waals surface area contributed by atoms with E-state index >= 15 is 0 Å². The molecule has 0 saturated heterocycles. The predicted molar refractivity (Wildman–Crippen MR) is 569 cm³/mol. The van der Waals surface area contributed by atoms with Gasteiger partial charge in [0.2, 0.25) is 0 Å². The van der Waals surface area contributed by atoms with Crippen molar-refractivity contribution in [3.05, 3.63) is 605 Å². The Morgan fingerprint density at radius 3 is 1.08 bits per heavy atom. The fourth-order valence-corrected chi connectivity index (χ4v) is 16.1. The van der Waals surface area contributed by atoms with Crippen LogP contribution in [0, 0.1) is 0 Å². The molecule has 698 valence electrons. The Morgan fingerprint density at radius 2 is 0.646 bits per heavy atom. The number of hydrogen-bond acceptors (Lipinski definition) is 17. The third-order valence-electron chi connectivity index (χ3n) is 23.4. The van der Waals surface area contributed by atoms with Gasteiger partial charge in [-0.05, 0) is 129 Å². The van der Waals surface area contributed by atoms with Gasteiger partial charge in [0.05, 0.1) is 90.6 Å². The first kappa shape index (κ1) is 95.1. The summed E-state index contributed by atoms with van der Waals surface area (Å²) in [6.45, 7) is 1.44. The molecule has 21 nitrogen and oxygen atoms in total. The van der Waals surface area contributed by atoms with Crippen molar-refractivity contribution in [1.29, 1.82) is 0 Å². The van der Waals surface area contributed by atoms with Crippen molar-refractivity contribution in [3.63, 3.8) is 0 Å². The molecule has 0 aliphatic heterocycles. The van der Waals surface area contributed by atoms with Crippen LogP contribution in [-0.4, -0.2) is 98.2 Å². The molecular formula is C123H100N20O. The number of rotatable bonds is 23. The third kappa shape index (κ3) is 27.2. The number of aromatic nitrogens is 20. The maximum atomic E-state index is 5.61. The van der Waals surface area contributed by atoms with Crippen LogP contribution in [0.4, 0.5) is 0 Å². The molecule has 0 aliphatic rings. The summed E-state index contributed by atoms with van der Waals surface area (Å²) in [7, 11) is 0. The van der Waals surface area contributed by atoms with Crippen molar-refractivity contribution in [2.45, 2.75) is 44.4 Å². The van der Waals surface area contributed by atoms with Gasteiger partial charge in [-0.1, -0.05) is 303 Å². The molecule has 24 aromatic rings. The van der Waals surface area contributed by atoms with Crippen LogP contribution >= 0.6 is 0 Å². The zero-order chi connectivity index (χ0) is 97.4. The topological polar surface area (TPSA) is 239 Å². The quantitative estimate of drug-likeness (QED) is 0.0578. The Kier molecular flexibility index (Phi) is 33.1. The van der Waals surface area contributed by atoms with Crippen molar-refractivity contribution < 1.29 is 4.42 Å². The van der Waals surface area contributed by atoms with E-state index in [0.717, 1.165) is 133 Å². The fraction of sp³-hybridized carbons (Fsp3) is 0.0569. The van der Waals surface area contributed by atoms with Gasteiger partial charge >= 0.3 is 0 Å². The molecule has 2 unspecified atom stereocenters. The molecule has 21 heteroatoms. The van der Waals surface area contributed by atoms with Crippen LogP contribution in [0.3, 0.4) is 0 Å². The monoisotopic (exact) mass is 1870 g/mol. The van der Waals surface area contributed by atoms with Crippen molar-refractivity contribution in [1.82, 2.24) is 98.2 Å². The van der Waals surface area contributed by atoms with Crippen LogP contribution in [0.25, 0.3) is 89.7 Å². The molecule has 15 heterocycles. The van der Waals surface area contributed by atoms with Crippen LogP contribution in [0.1, 0.15) is 79.2 Å². The summed E-state index contributed by atoms with van der Waals surface area (Å²) in [6, 6.07) is 127. The van der Waals surface area contributed by atoms with Crippen LogP contribution in [0.5, 0.6) is 0 Å². The van der Waals surface area contributed by atoms with E-state index in [1.807, 2.05) is 338 Å². The van der Waals surface area contributed by atoms with E-state index in [1.54, 1.807) is 50.0 Å². The Morgan fingerprint density at radius 1 is 0.229 bits per heavy atom. The van der Waals surface area contributed by atoms with Crippen LogP contribution < -0.4 is 0 Å². The van der Waals surface area contributed by atoms with Crippen LogP contribution in [-0.2, 0) is 32.4 Å². The van der Waals surface area contributed by atoms with Gasteiger partial charge in [-0.25, -0.2) is 29.9 Å². The van der Waals surface area contributed by atoms with Gasteiger partial charge in [-0.15, -0.1) is 0 Å². The molecule has 0 radical (unpaired) electrons. The SMILES string of the molecule is c1ccc(-c2ccc(C(c3ccccc3)n3ccnc3)cn2)cc1.c1ccc(-c2ccc(C(c3ccco3)n3ccnc3)cn2)cc1.c1ccc(-c2ccc(Cc3cccnc3)cn2)cc1.c1ccc(-c2ccc(Cc3ccncc3)cn2)cc1.c1ccc(-c2ccc(Cc3cncc4ccccc34)cn2)cc1.c1ccc(-c2ccc(Cn3ccnc3)nn2)cc1.c1ccc(-c2ncc(Cn3ccnc3)cn2)cc1. The largest absolute Gasteiger partial charge is 0.467 e. The second-order valence-corrected chi connectivity index (χ2v) is 33.5. The zero-order valence-corrected chi connectivity index (χ0v) is 78.8. The molecule has 9 aromatic carbocycles. The molecule has 0 spiro atoms. The first-order chi connectivity index (χ1) is 71.4. The number of hydrogen-bond donors (Lipinski definition) is 0. The summed E-state index contributed by atoms with van der Waals surface area (Å²) in [6.07, 6.45) is 50.9. The van der Waals surface area contributed by atoms with E-state index in [4.69, 9.17) is 4.42 Å². The minimum Gasteiger partial charge on any atom is -0.467 e. The minimum atomic E-state index is -0.0650. The number of furan rings is 1. The maximum absolute atomic E-state index is 5.61. The number of imidazole rings is 4.